The summed E-state index contributed by atoms with van der Waals surface area (Å²) in [5.41, 5.74) is 3.03. The molecule has 1 fully saturated rings. The first-order chi connectivity index (χ1) is 11.7. The van der Waals surface area contributed by atoms with E-state index in [1.165, 1.54) is 17.3 Å². The van der Waals surface area contributed by atoms with Crippen molar-refractivity contribution in [1.82, 2.24) is 9.55 Å². The highest BCUT2D eigenvalue weighted by atomic mass is 35.5. The molecule has 2 heterocycles. The van der Waals surface area contributed by atoms with Crippen molar-refractivity contribution < 1.29 is 9.53 Å². The number of benzene rings is 2. The molecule has 0 amide bonds. The number of thioether (sulfide) groups is 1. The fourth-order valence-electron chi connectivity index (χ4n) is 2.80. The van der Waals surface area contributed by atoms with E-state index >= 15 is 0 Å². The molecule has 0 N–H and O–H groups in total. The molecule has 0 unspecified atom stereocenters. The Labute approximate surface area is 148 Å². The summed E-state index contributed by atoms with van der Waals surface area (Å²) in [6.07, 6.45) is 0.721. The zero-order valence-electron chi connectivity index (χ0n) is 12.8. The molecule has 1 saturated heterocycles. The van der Waals surface area contributed by atoms with Crippen LogP contribution in [0.1, 0.15) is 12.0 Å². The first-order valence-electron chi connectivity index (χ1n) is 7.74. The Balaban J connectivity index is 1.76. The van der Waals surface area contributed by atoms with Crippen molar-refractivity contribution in [2.24, 2.45) is 0 Å². The Morgan fingerprint density at radius 3 is 2.83 bits per heavy atom. The van der Waals surface area contributed by atoms with Crippen LogP contribution in [0.2, 0.25) is 5.02 Å². The lowest BCUT2D eigenvalue weighted by Gasteiger charge is -2.10. The lowest BCUT2D eigenvalue weighted by molar-refractivity contribution is -0.137. The van der Waals surface area contributed by atoms with Crippen LogP contribution in [0.15, 0.2) is 53.7 Å². The molecule has 0 saturated carbocycles. The summed E-state index contributed by atoms with van der Waals surface area (Å²) in [5, 5.41) is 1.29. The number of ether oxygens (including phenoxy) is 1. The minimum atomic E-state index is -0.188. The van der Waals surface area contributed by atoms with Crippen molar-refractivity contribution in [2.75, 3.05) is 6.61 Å². The van der Waals surface area contributed by atoms with Gasteiger partial charge in [-0.15, -0.1) is 0 Å². The normalized spacial score (nSPS) is 17.4. The Morgan fingerprint density at radius 2 is 2.08 bits per heavy atom. The fourth-order valence-corrected chi connectivity index (χ4v) is 4.04. The van der Waals surface area contributed by atoms with Gasteiger partial charge in [0.15, 0.2) is 5.16 Å². The van der Waals surface area contributed by atoms with E-state index in [1.54, 1.807) is 0 Å². The third-order valence-electron chi connectivity index (χ3n) is 3.99. The molecule has 1 aliphatic heterocycles. The minimum Gasteiger partial charge on any atom is -0.465 e. The molecular weight excluding hydrogens is 344 g/mol. The number of carbonyl (C=O) groups is 1. The highest BCUT2D eigenvalue weighted by molar-refractivity contribution is 8.00. The number of esters is 1. The number of fused-ring (bicyclic) bond motifs is 1. The van der Waals surface area contributed by atoms with E-state index in [-0.39, 0.29) is 11.2 Å². The molecule has 3 aromatic rings. The second-order valence-corrected chi connectivity index (χ2v) is 7.27. The van der Waals surface area contributed by atoms with Gasteiger partial charge < -0.3 is 9.30 Å². The smallest absolute Gasteiger partial charge is 0.319 e. The molecule has 4 nitrogen and oxygen atoms in total. The van der Waals surface area contributed by atoms with Gasteiger partial charge in [0.1, 0.15) is 5.25 Å². The Kier molecular flexibility index (Phi) is 4.21. The molecule has 0 aliphatic carbocycles. The molecule has 0 spiro atoms. The van der Waals surface area contributed by atoms with Gasteiger partial charge in [-0.3, -0.25) is 4.79 Å². The first-order valence-corrected chi connectivity index (χ1v) is 8.99. The lowest BCUT2D eigenvalue weighted by atomic mass is 10.2. The molecule has 1 aromatic heterocycles. The standard InChI is InChI=1S/C18H15ClN2O2S/c19-13-6-7-15-14(10-13)20-18(24-16-8-9-23-17(16)22)21(15)11-12-4-2-1-3-5-12/h1-7,10,16H,8-9,11H2/t16-/m1/s1. The van der Waals surface area contributed by atoms with Crippen LogP contribution in [0, 0.1) is 0 Å². The van der Waals surface area contributed by atoms with Crippen LogP contribution in [0.3, 0.4) is 0 Å². The molecular formula is C18H15ClN2O2S. The van der Waals surface area contributed by atoms with Gasteiger partial charge in [-0.05, 0) is 23.8 Å². The van der Waals surface area contributed by atoms with Crippen molar-refractivity contribution >= 4 is 40.4 Å². The number of halogens is 1. The molecule has 0 bridgehead atoms. The van der Waals surface area contributed by atoms with Gasteiger partial charge in [0.25, 0.3) is 0 Å². The summed E-state index contributed by atoms with van der Waals surface area (Å²) in [4.78, 5) is 16.5. The van der Waals surface area contributed by atoms with Crippen LogP contribution >= 0.6 is 23.4 Å². The van der Waals surface area contributed by atoms with Crippen molar-refractivity contribution in [2.45, 2.75) is 23.4 Å². The van der Waals surface area contributed by atoms with E-state index in [0.717, 1.165) is 22.6 Å². The van der Waals surface area contributed by atoms with Crippen LogP contribution in [0.5, 0.6) is 0 Å². The number of aromatic nitrogens is 2. The fraction of sp³-hybridized carbons (Fsp3) is 0.222. The molecule has 4 rings (SSSR count). The second kappa shape index (κ2) is 6.49. The van der Waals surface area contributed by atoms with Gasteiger partial charge >= 0.3 is 5.97 Å². The summed E-state index contributed by atoms with van der Waals surface area (Å²) >= 11 is 7.57. The number of hydrogen-bond acceptors (Lipinski definition) is 4. The quantitative estimate of drug-likeness (QED) is 0.657. The molecule has 1 aliphatic rings. The number of imidazole rings is 1. The zero-order chi connectivity index (χ0) is 16.5. The number of carbonyl (C=O) groups excluding carboxylic acids is 1. The topological polar surface area (TPSA) is 44.1 Å². The first kappa shape index (κ1) is 15.5. The predicted octanol–water partition coefficient (Wildman–Crippen LogP) is 4.15. The van der Waals surface area contributed by atoms with E-state index in [2.05, 4.69) is 16.7 Å². The monoisotopic (exact) mass is 358 g/mol. The molecule has 1 atom stereocenters. The second-order valence-electron chi connectivity index (χ2n) is 5.66. The van der Waals surface area contributed by atoms with E-state index in [9.17, 15) is 4.79 Å². The van der Waals surface area contributed by atoms with Crippen LogP contribution in [0.25, 0.3) is 11.0 Å². The van der Waals surface area contributed by atoms with Crippen molar-refractivity contribution in [1.29, 1.82) is 0 Å². The average Bonchev–Trinajstić information content (AvgIpc) is 3.13. The Hall–Kier alpha value is -1.98. The molecule has 6 heteroatoms. The van der Waals surface area contributed by atoms with E-state index < -0.39 is 0 Å². The van der Waals surface area contributed by atoms with Crippen LogP contribution in [-0.4, -0.2) is 27.4 Å². The maximum absolute atomic E-state index is 11.8. The van der Waals surface area contributed by atoms with Crippen molar-refractivity contribution in [3.05, 3.63) is 59.1 Å². The van der Waals surface area contributed by atoms with Gasteiger partial charge in [-0.1, -0.05) is 53.7 Å². The molecule has 0 radical (unpaired) electrons. The largest absolute Gasteiger partial charge is 0.465 e. The van der Waals surface area contributed by atoms with Gasteiger partial charge in [0, 0.05) is 11.4 Å². The number of hydrogen-bond donors (Lipinski definition) is 0. The highest BCUT2D eigenvalue weighted by Gasteiger charge is 2.29. The number of rotatable bonds is 4. The lowest BCUT2D eigenvalue weighted by Crippen LogP contribution is -2.11. The van der Waals surface area contributed by atoms with Gasteiger partial charge in [-0.25, -0.2) is 4.98 Å². The van der Waals surface area contributed by atoms with E-state index in [4.69, 9.17) is 21.3 Å². The third kappa shape index (κ3) is 3.01. The van der Waals surface area contributed by atoms with Gasteiger partial charge in [-0.2, -0.15) is 0 Å². The van der Waals surface area contributed by atoms with Crippen molar-refractivity contribution in [3.63, 3.8) is 0 Å². The predicted molar refractivity (Wildman–Crippen MR) is 95.5 cm³/mol. The summed E-state index contributed by atoms with van der Waals surface area (Å²) in [5.74, 6) is -0.156. The van der Waals surface area contributed by atoms with Gasteiger partial charge in [0.05, 0.1) is 24.2 Å². The maximum Gasteiger partial charge on any atom is 0.319 e. The summed E-state index contributed by atoms with van der Waals surface area (Å²) in [6.45, 7) is 1.18. The SMILES string of the molecule is O=C1OCC[C@H]1Sc1nc2cc(Cl)ccc2n1Cc1ccccc1. The molecule has 2 aromatic carbocycles. The number of cyclic esters (lactones) is 1. The third-order valence-corrected chi connectivity index (χ3v) is 5.46. The minimum absolute atomic E-state index is 0.156. The summed E-state index contributed by atoms with van der Waals surface area (Å²) < 4.78 is 7.21. The highest BCUT2D eigenvalue weighted by Crippen LogP contribution is 2.32. The molecule has 24 heavy (non-hydrogen) atoms. The number of nitrogens with zero attached hydrogens (tertiary/aromatic N) is 2. The maximum atomic E-state index is 11.8. The summed E-state index contributed by atoms with van der Waals surface area (Å²) in [7, 11) is 0. The van der Waals surface area contributed by atoms with E-state index in [0.29, 0.717) is 18.2 Å². The zero-order valence-corrected chi connectivity index (χ0v) is 14.4. The summed E-state index contributed by atoms with van der Waals surface area (Å²) in [6, 6.07) is 15.9. The Bertz CT molecular complexity index is 895. The van der Waals surface area contributed by atoms with E-state index in [1.807, 2.05) is 36.4 Å². The van der Waals surface area contributed by atoms with Crippen LogP contribution < -0.4 is 0 Å². The molecule has 122 valence electrons. The average molecular weight is 359 g/mol. The Morgan fingerprint density at radius 1 is 1.25 bits per heavy atom. The van der Waals surface area contributed by atoms with Gasteiger partial charge in [0.2, 0.25) is 0 Å². The van der Waals surface area contributed by atoms with Crippen LogP contribution in [-0.2, 0) is 16.1 Å². The van der Waals surface area contributed by atoms with Crippen molar-refractivity contribution in [3.8, 4) is 0 Å². The van der Waals surface area contributed by atoms with Crippen LogP contribution in [0.4, 0.5) is 0 Å².